The first-order valence-corrected chi connectivity index (χ1v) is 7.44. The second kappa shape index (κ2) is 6.91. The molecule has 0 aliphatic heterocycles. The van der Waals surface area contributed by atoms with Crippen LogP contribution in [-0.2, 0) is 6.54 Å². The molecule has 0 saturated carbocycles. The molecule has 0 atom stereocenters. The minimum atomic E-state index is -0.959. The first-order chi connectivity index (χ1) is 11.7. The van der Waals surface area contributed by atoms with E-state index in [0.29, 0.717) is 12.2 Å². The van der Waals surface area contributed by atoms with Crippen LogP contribution in [0.3, 0.4) is 0 Å². The van der Waals surface area contributed by atoms with Gasteiger partial charge in [0.2, 0.25) is 0 Å². The van der Waals surface area contributed by atoms with Crippen molar-refractivity contribution in [3.8, 4) is 5.75 Å². The highest BCUT2D eigenvalue weighted by molar-refractivity contribution is 5.88. The average Bonchev–Trinajstić information content (AvgIpc) is 2.62. The molecular weight excluding hydrogens is 304 g/mol. The number of nitrogens with zero attached hydrogens (tertiary/aromatic N) is 2. The van der Waals surface area contributed by atoms with Crippen molar-refractivity contribution >= 4 is 22.4 Å². The van der Waals surface area contributed by atoms with E-state index in [9.17, 15) is 4.79 Å². The molecule has 0 aliphatic carbocycles. The van der Waals surface area contributed by atoms with Gasteiger partial charge < -0.3 is 9.84 Å². The number of fused-ring (bicyclic) bond motifs is 1. The highest BCUT2D eigenvalue weighted by Gasteiger charge is 2.07. The van der Waals surface area contributed by atoms with Crippen molar-refractivity contribution in [1.82, 2.24) is 0 Å². The molecule has 0 aromatic heterocycles. The molecule has 0 radical (unpaired) electrons. The highest BCUT2D eigenvalue weighted by atomic mass is 16.5. The van der Waals surface area contributed by atoms with Crippen molar-refractivity contribution in [2.24, 2.45) is 10.2 Å². The Bertz CT molecular complexity index is 902. The van der Waals surface area contributed by atoms with Gasteiger partial charge in [0.05, 0.1) is 24.9 Å². The molecule has 3 rings (SSSR count). The number of carboxylic acids is 1. The van der Waals surface area contributed by atoms with Crippen LogP contribution in [0.1, 0.15) is 15.9 Å². The molecule has 3 aromatic carbocycles. The Morgan fingerprint density at radius 3 is 2.50 bits per heavy atom. The van der Waals surface area contributed by atoms with Crippen LogP contribution in [0.5, 0.6) is 5.75 Å². The van der Waals surface area contributed by atoms with E-state index >= 15 is 0 Å². The molecule has 0 amide bonds. The first-order valence-electron chi connectivity index (χ1n) is 7.44. The molecule has 5 nitrogen and oxygen atoms in total. The lowest BCUT2D eigenvalue weighted by Gasteiger charge is -2.09. The Balaban J connectivity index is 1.85. The molecule has 0 heterocycles. The van der Waals surface area contributed by atoms with E-state index < -0.39 is 5.97 Å². The van der Waals surface area contributed by atoms with Crippen LogP contribution in [0.2, 0.25) is 0 Å². The lowest BCUT2D eigenvalue weighted by molar-refractivity contribution is 0.0697. The number of carboxylic acid groups (broad SMARTS) is 1. The fourth-order valence-corrected chi connectivity index (χ4v) is 2.53. The summed E-state index contributed by atoms with van der Waals surface area (Å²) in [6.07, 6.45) is 0. The van der Waals surface area contributed by atoms with Crippen molar-refractivity contribution in [1.29, 1.82) is 0 Å². The molecule has 1 N–H and O–H groups in total. The standard InChI is InChI=1S/C19H16N2O3/c1-24-18-11-8-13-4-2-3-5-16(13)17(18)12-20-21-15-9-6-14(7-10-15)19(22)23/h2-11H,12H2,1H3,(H,22,23). The van der Waals surface area contributed by atoms with Gasteiger partial charge in [-0.15, -0.1) is 0 Å². The number of ether oxygens (including phenoxy) is 1. The SMILES string of the molecule is COc1ccc2ccccc2c1CN=Nc1ccc(C(=O)O)cc1. The maximum Gasteiger partial charge on any atom is 0.335 e. The first kappa shape index (κ1) is 15.7. The third-order valence-corrected chi connectivity index (χ3v) is 3.75. The average molecular weight is 320 g/mol. The number of hydrogen-bond donors (Lipinski definition) is 1. The van der Waals surface area contributed by atoms with Crippen molar-refractivity contribution in [3.05, 3.63) is 71.8 Å². The molecule has 0 fully saturated rings. The number of hydrogen-bond acceptors (Lipinski definition) is 4. The van der Waals surface area contributed by atoms with Gasteiger partial charge in [0, 0.05) is 5.56 Å². The number of aromatic carboxylic acids is 1. The predicted molar refractivity (Wildman–Crippen MR) is 92.1 cm³/mol. The predicted octanol–water partition coefficient (Wildman–Crippen LogP) is 4.83. The topological polar surface area (TPSA) is 71.2 Å². The number of rotatable bonds is 5. The number of carbonyl (C=O) groups is 1. The molecule has 5 heteroatoms. The van der Waals surface area contributed by atoms with Gasteiger partial charge in [0.1, 0.15) is 5.75 Å². The van der Waals surface area contributed by atoms with Crippen LogP contribution < -0.4 is 4.74 Å². The number of benzene rings is 3. The molecule has 0 bridgehead atoms. The second-order valence-corrected chi connectivity index (χ2v) is 5.22. The maximum atomic E-state index is 10.8. The Hall–Kier alpha value is -3.21. The largest absolute Gasteiger partial charge is 0.496 e. The van der Waals surface area contributed by atoms with E-state index in [-0.39, 0.29) is 5.56 Å². The molecule has 0 saturated heterocycles. The van der Waals surface area contributed by atoms with Crippen molar-refractivity contribution < 1.29 is 14.6 Å². The summed E-state index contributed by atoms with van der Waals surface area (Å²) in [6, 6.07) is 18.3. The summed E-state index contributed by atoms with van der Waals surface area (Å²) >= 11 is 0. The van der Waals surface area contributed by atoms with Crippen molar-refractivity contribution in [2.45, 2.75) is 6.54 Å². The molecule has 0 aliphatic rings. The second-order valence-electron chi connectivity index (χ2n) is 5.22. The third-order valence-electron chi connectivity index (χ3n) is 3.75. The van der Waals surface area contributed by atoms with Crippen LogP contribution >= 0.6 is 0 Å². The normalized spacial score (nSPS) is 11.0. The van der Waals surface area contributed by atoms with Gasteiger partial charge in [-0.1, -0.05) is 30.3 Å². The Kier molecular flexibility index (Phi) is 4.52. The van der Waals surface area contributed by atoms with Crippen molar-refractivity contribution in [3.63, 3.8) is 0 Å². The summed E-state index contributed by atoms with van der Waals surface area (Å²) in [5, 5.41) is 19.5. The Morgan fingerprint density at radius 1 is 1.04 bits per heavy atom. The smallest absolute Gasteiger partial charge is 0.335 e. The van der Waals surface area contributed by atoms with E-state index in [1.807, 2.05) is 36.4 Å². The summed E-state index contributed by atoms with van der Waals surface area (Å²) in [7, 11) is 1.63. The van der Waals surface area contributed by atoms with Gasteiger partial charge in [-0.3, -0.25) is 0 Å². The maximum absolute atomic E-state index is 10.8. The summed E-state index contributed by atoms with van der Waals surface area (Å²) in [6.45, 7) is 0.380. The Labute approximate surface area is 139 Å². The lowest BCUT2D eigenvalue weighted by Crippen LogP contribution is -1.94. The molecule has 3 aromatic rings. The fraction of sp³-hybridized carbons (Fsp3) is 0.105. The van der Waals surface area contributed by atoms with E-state index in [1.165, 1.54) is 12.1 Å². The zero-order chi connectivity index (χ0) is 16.9. The van der Waals surface area contributed by atoms with Gasteiger partial charge in [-0.05, 0) is 41.1 Å². The summed E-state index contributed by atoms with van der Waals surface area (Å²) in [5.41, 5.74) is 1.81. The van der Waals surface area contributed by atoms with Gasteiger partial charge in [0.15, 0.2) is 0 Å². The highest BCUT2D eigenvalue weighted by Crippen LogP contribution is 2.29. The van der Waals surface area contributed by atoms with Crippen LogP contribution in [0.25, 0.3) is 10.8 Å². The molecule has 120 valence electrons. The molecule has 0 spiro atoms. The summed E-state index contributed by atoms with van der Waals surface area (Å²) in [4.78, 5) is 10.8. The van der Waals surface area contributed by atoms with Crippen LogP contribution in [-0.4, -0.2) is 18.2 Å². The summed E-state index contributed by atoms with van der Waals surface area (Å²) in [5.74, 6) is -0.187. The molecule has 0 unspecified atom stereocenters. The van der Waals surface area contributed by atoms with E-state index in [1.54, 1.807) is 19.2 Å². The quantitative estimate of drug-likeness (QED) is 0.684. The monoisotopic (exact) mass is 320 g/mol. The zero-order valence-electron chi connectivity index (χ0n) is 13.1. The van der Waals surface area contributed by atoms with Crippen LogP contribution in [0.4, 0.5) is 5.69 Å². The van der Waals surface area contributed by atoms with E-state index in [2.05, 4.69) is 10.2 Å². The summed E-state index contributed by atoms with van der Waals surface area (Å²) < 4.78 is 5.43. The van der Waals surface area contributed by atoms with Gasteiger partial charge in [-0.25, -0.2) is 4.79 Å². The minimum Gasteiger partial charge on any atom is -0.496 e. The third kappa shape index (κ3) is 3.25. The van der Waals surface area contributed by atoms with E-state index in [4.69, 9.17) is 9.84 Å². The lowest BCUT2D eigenvalue weighted by atomic mass is 10.0. The fourth-order valence-electron chi connectivity index (χ4n) is 2.53. The number of azo groups is 1. The zero-order valence-corrected chi connectivity index (χ0v) is 13.1. The number of methoxy groups -OCH3 is 1. The van der Waals surface area contributed by atoms with Gasteiger partial charge >= 0.3 is 5.97 Å². The van der Waals surface area contributed by atoms with Crippen LogP contribution in [0.15, 0.2) is 70.9 Å². The minimum absolute atomic E-state index is 0.227. The Morgan fingerprint density at radius 2 is 1.79 bits per heavy atom. The van der Waals surface area contributed by atoms with Crippen LogP contribution in [0, 0.1) is 0 Å². The molecule has 24 heavy (non-hydrogen) atoms. The van der Waals surface area contributed by atoms with Crippen molar-refractivity contribution in [2.75, 3.05) is 7.11 Å². The van der Waals surface area contributed by atoms with E-state index in [0.717, 1.165) is 22.1 Å². The molecular formula is C19H16N2O3. The van der Waals surface area contributed by atoms with Gasteiger partial charge in [0.25, 0.3) is 0 Å². The van der Waals surface area contributed by atoms with Gasteiger partial charge in [-0.2, -0.15) is 10.2 Å².